The van der Waals surface area contributed by atoms with Gasteiger partial charge in [0.1, 0.15) is 18.9 Å². The largest absolute Gasteiger partial charge is 0.492 e. The first-order valence-corrected chi connectivity index (χ1v) is 14.4. The number of benzene rings is 3. The third kappa shape index (κ3) is 7.01. The van der Waals surface area contributed by atoms with E-state index in [4.69, 9.17) is 16.3 Å². The normalized spacial score (nSPS) is 11.8. The molecule has 0 unspecified atom stereocenters. The fraction of sp³-hybridized carbons (Fsp3) is 0.240. The van der Waals surface area contributed by atoms with Crippen molar-refractivity contribution in [2.24, 2.45) is 0 Å². The predicted octanol–water partition coefficient (Wildman–Crippen LogP) is 3.29. The second-order valence-electron chi connectivity index (χ2n) is 8.23. The van der Waals surface area contributed by atoms with E-state index < -0.39 is 32.5 Å². The number of aryl methyl sites for hydroxylation is 1. The van der Waals surface area contributed by atoms with E-state index in [1.54, 1.807) is 30.3 Å². The summed E-state index contributed by atoms with van der Waals surface area (Å²) in [4.78, 5) is 12.9. The van der Waals surface area contributed by atoms with Crippen LogP contribution in [0.4, 0.5) is 5.69 Å². The summed E-state index contributed by atoms with van der Waals surface area (Å²) in [7, 11) is -4.73. The van der Waals surface area contributed by atoms with Crippen molar-refractivity contribution in [3.63, 3.8) is 0 Å². The fourth-order valence-electron chi connectivity index (χ4n) is 3.26. The number of para-hydroxylation sites is 1. The van der Waals surface area contributed by atoms with Crippen LogP contribution in [0.25, 0.3) is 0 Å². The topological polar surface area (TPSA) is 113 Å². The van der Waals surface area contributed by atoms with Crippen molar-refractivity contribution >= 4 is 43.2 Å². The second kappa shape index (κ2) is 12.0. The average molecular weight is 566 g/mol. The number of hydrogen-bond donors (Lipinski definition) is 1. The number of nitrogens with zero attached hydrogens (tertiary/aromatic N) is 2. The standard InChI is InChI=1S/C25H28ClN3O6S2/c1-19-8-12-22(13-9-19)37(33,34)29(24-7-5-4-6-23(24)26)18-25(30)27-16-17-35-20-10-14-21(15-11-20)36(31,32)28(2)3/h4-15H,16-18H2,1-3H3,(H,27,30). The van der Waals surface area contributed by atoms with Crippen LogP contribution in [0.5, 0.6) is 5.75 Å². The number of carbonyl (C=O) groups excluding carboxylic acids is 1. The maximum Gasteiger partial charge on any atom is 0.264 e. The highest BCUT2D eigenvalue weighted by Crippen LogP contribution is 2.30. The van der Waals surface area contributed by atoms with Crippen LogP contribution in [0, 0.1) is 6.92 Å². The van der Waals surface area contributed by atoms with Crippen LogP contribution in [0.15, 0.2) is 82.6 Å². The minimum Gasteiger partial charge on any atom is -0.492 e. The molecule has 3 rings (SSSR count). The zero-order chi connectivity index (χ0) is 27.2. The van der Waals surface area contributed by atoms with E-state index in [0.29, 0.717) is 5.75 Å². The van der Waals surface area contributed by atoms with Crippen molar-refractivity contribution in [3.05, 3.63) is 83.4 Å². The van der Waals surface area contributed by atoms with E-state index >= 15 is 0 Å². The lowest BCUT2D eigenvalue weighted by Crippen LogP contribution is -2.42. The lowest BCUT2D eigenvalue weighted by molar-refractivity contribution is -0.119. The quantitative estimate of drug-likeness (QED) is 0.357. The van der Waals surface area contributed by atoms with Gasteiger partial charge in [0.05, 0.1) is 27.0 Å². The van der Waals surface area contributed by atoms with Gasteiger partial charge in [0.15, 0.2) is 0 Å². The SMILES string of the molecule is Cc1ccc(S(=O)(=O)N(CC(=O)NCCOc2ccc(S(=O)(=O)N(C)C)cc2)c2ccccc2Cl)cc1. The Kier molecular flexibility index (Phi) is 9.19. The Labute approximate surface area is 222 Å². The molecule has 198 valence electrons. The highest BCUT2D eigenvalue weighted by molar-refractivity contribution is 7.93. The molecule has 37 heavy (non-hydrogen) atoms. The van der Waals surface area contributed by atoms with E-state index in [-0.39, 0.29) is 33.7 Å². The molecule has 12 heteroatoms. The van der Waals surface area contributed by atoms with Gasteiger partial charge in [0.2, 0.25) is 15.9 Å². The van der Waals surface area contributed by atoms with E-state index in [9.17, 15) is 21.6 Å². The first-order valence-electron chi connectivity index (χ1n) is 11.2. The minimum atomic E-state index is -4.08. The smallest absolute Gasteiger partial charge is 0.264 e. The molecule has 0 bridgehead atoms. The molecular weight excluding hydrogens is 538 g/mol. The minimum absolute atomic E-state index is 0.0360. The van der Waals surface area contributed by atoms with Crippen LogP contribution in [0.1, 0.15) is 5.56 Å². The molecule has 0 heterocycles. The van der Waals surface area contributed by atoms with Gasteiger partial charge in [-0.05, 0) is 55.5 Å². The van der Waals surface area contributed by atoms with Crippen LogP contribution >= 0.6 is 11.6 Å². The van der Waals surface area contributed by atoms with Gasteiger partial charge < -0.3 is 10.1 Å². The maximum atomic E-state index is 13.4. The Balaban J connectivity index is 1.65. The highest BCUT2D eigenvalue weighted by atomic mass is 35.5. The molecule has 0 spiro atoms. The van der Waals surface area contributed by atoms with E-state index in [0.717, 1.165) is 14.2 Å². The van der Waals surface area contributed by atoms with Gasteiger partial charge in [-0.25, -0.2) is 21.1 Å². The van der Waals surface area contributed by atoms with Crippen LogP contribution in [-0.4, -0.2) is 60.8 Å². The van der Waals surface area contributed by atoms with E-state index in [2.05, 4.69) is 5.32 Å². The molecule has 9 nitrogen and oxygen atoms in total. The van der Waals surface area contributed by atoms with Crippen molar-refractivity contribution in [1.82, 2.24) is 9.62 Å². The van der Waals surface area contributed by atoms with Gasteiger partial charge in [-0.3, -0.25) is 9.10 Å². The lowest BCUT2D eigenvalue weighted by atomic mass is 10.2. The lowest BCUT2D eigenvalue weighted by Gasteiger charge is -2.25. The van der Waals surface area contributed by atoms with Crippen LogP contribution in [0.3, 0.4) is 0 Å². The zero-order valence-electron chi connectivity index (χ0n) is 20.6. The summed E-state index contributed by atoms with van der Waals surface area (Å²) >= 11 is 6.27. The van der Waals surface area contributed by atoms with E-state index in [1.165, 1.54) is 56.6 Å². The monoisotopic (exact) mass is 565 g/mol. The maximum absolute atomic E-state index is 13.4. The van der Waals surface area contributed by atoms with Crippen LogP contribution < -0.4 is 14.4 Å². The molecule has 0 aliphatic carbocycles. The number of carbonyl (C=O) groups is 1. The molecular formula is C25H28ClN3O6S2. The summed E-state index contributed by atoms with van der Waals surface area (Å²) in [6.45, 7) is 1.54. The summed E-state index contributed by atoms with van der Waals surface area (Å²) in [5, 5.41) is 2.83. The van der Waals surface area contributed by atoms with Crippen LogP contribution in [0.2, 0.25) is 5.02 Å². The van der Waals surface area contributed by atoms with Gasteiger partial charge in [-0.2, -0.15) is 0 Å². The number of amides is 1. The van der Waals surface area contributed by atoms with Crippen molar-refractivity contribution < 1.29 is 26.4 Å². The third-order valence-electron chi connectivity index (χ3n) is 5.31. The molecule has 0 saturated carbocycles. The summed E-state index contributed by atoms with van der Waals surface area (Å²) in [5.74, 6) is -0.127. The molecule has 1 amide bonds. The zero-order valence-corrected chi connectivity index (χ0v) is 23.0. The van der Waals surface area contributed by atoms with Crippen molar-refractivity contribution in [1.29, 1.82) is 0 Å². The van der Waals surface area contributed by atoms with Crippen molar-refractivity contribution in [2.45, 2.75) is 16.7 Å². The Morgan fingerprint density at radius 3 is 2.03 bits per heavy atom. The summed E-state index contributed by atoms with van der Waals surface area (Å²) in [6, 6.07) is 18.6. The Morgan fingerprint density at radius 1 is 0.865 bits per heavy atom. The van der Waals surface area contributed by atoms with Gasteiger partial charge in [-0.1, -0.05) is 41.4 Å². The van der Waals surface area contributed by atoms with Crippen molar-refractivity contribution in [3.8, 4) is 5.75 Å². The second-order valence-corrected chi connectivity index (χ2v) is 12.7. The summed E-state index contributed by atoms with van der Waals surface area (Å²) in [6.07, 6.45) is 0. The van der Waals surface area contributed by atoms with Gasteiger partial charge >= 0.3 is 0 Å². The molecule has 3 aromatic rings. The van der Waals surface area contributed by atoms with E-state index in [1.807, 2.05) is 6.92 Å². The number of halogens is 1. The van der Waals surface area contributed by atoms with Gasteiger partial charge in [0, 0.05) is 14.1 Å². The summed E-state index contributed by atoms with van der Waals surface area (Å²) < 4.78 is 58.8. The Hall–Kier alpha value is -3.12. The first-order chi connectivity index (χ1) is 17.4. The molecule has 0 fully saturated rings. The molecule has 3 aromatic carbocycles. The van der Waals surface area contributed by atoms with Gasteiger partial charge in [-0.15, -0.1) is 0 Å². The van der Waals surface area contributed by atoms with Crippen LogP contribution in [-0.2, 0) is 24.8 Å². The number of nitrogens with one attached hydrogen (secondary N) is 1. The molecule has 0 aromatic heterocycles. The van der Waals surface area contributed by atoms with Gasteiger partial charge in [0.25, 0.3) is 10.0 Å². The molecule has 0 atom stereocenters. The molecule has 0 saturated heterocycles. The number of anilines is 1. The number of ether oxygens (including phenoxy) is 1. The first kappa shape index (κ1) is 28.5. The molecule has 1 N–H and O–H groups in total. The number of sulfonamides is 2. The number of hydrogen-bond acceptors (Lipinski definition) is 6. The summed E-state index contributed by atoms with van der Waals surface area (Å²) in [5.41, 5.74) is 1.08. The number of rotatable bonds is 11. The van der Waals surface area contributed by atoms with Crippen molar-refractivity contribution in [2.75, 3.05) is 38.1 Å². The average Bonchev–Trinajstić information content (AvgIpc) is 2.86. The molecule has 0 aliphatic heterocycles. The highest BCUT2D eigenvalue weighted by Gasteiger charge is 2.28. The Morgan fingerprint density at radius 2 is 1.43 bits per heavy atom. The molecule has 0 aliphatic rings. The third-order valence-corrected chi connectivity index (χ3v) is 9.24. The molecule has 0 radical (unpaired) electrons. The predicted molar refractivity (Wildman–Crippen MR) is 143 cm³/mol. The fourth-order valence-corrected chi connectivity index (χ4v) is 5.88. The Bertz CT molecular complexity index is 1440.